The minimum absolute atomic E-state index is 0.377. The number of aryl methyl sites for hydroxylation is 1. The number of benzene rings is 1. The van der Waals surface area contributed by atoms with Crippen molar-refractivity contribution >= 4 is 10.0 Å². The molecule has 0 bridgehead atoms. The smallest absolute Gasteiger partial charge is 0.243 e. The summed E-state index contributed by atoms with van der Waals surface area (Å²) in [6, 6.07) is 9.22. The third-order valence-corrected chi connectivity index (χ3v) is 6.87. The molecule has 1 aromatic carbocycles. The van der Waals surface area contributed by atoms with Gasteiger partial charge in [-0.1, -0.05) is 6.07 Å². The predicted molar refractivity (Wildman–Crippen MR) is 98.5 cm³/mol. The van der Waals surface area contributed by atoms with Gasteiger partial charge in [-0.3, -0.25) is 9.88 Å². The molecule has 1 fully saturated rings. The lowest BCUT2D eigenvalue weighted by Gasteiger charge is -2.34. The first-order valence-electron chi connectivity index (χ1n) is 9.00. The van der Waals surface area contributed by atoms with Crippen LogP contribution in [-0.2, 0) is 23.0 Å². The summed E-state index contributed by atoms with van der Waals surface area (Å²) in [5, 5.41) is 0. The van der Waals surface area contributed by atoms with Gasteiger partial charge in [0.1, 0.15) is 5.75 Å². The van der Waals surface area contributed by atoms with E-state index in [1.165, 1.54) is 0 Å². The van der Waals surface area contributed by atoms with Crippen molar-refractivity contribution in [3.63, 3.8) is 0 Å². The van der Waals surface area contributed by atoms with Crippen molar-refractivity contribution in [2.24, 2.45) is 0 Å². The first kappa shape index (κ1) is 17.5. The highest BCUT2D eigenvalue weighted by atomic mass is 32.2. The minimum atomic E-state index is -3.45. The van der Waals surface area contributed by atoms with E-state index in [4.69, 9.17) is 4.74 Å². The Hall–Kier alpha value is -1.96. The number of sulfonamides is 1. The van der Waals surface area contributed by atoms with Crippen molar-refractivity contribution < 1.29 is 13.2 Å². The van der Waals surface area contributed by atoms with E-state index in [1.54, 1.807) is 28.7 Å². The molecule has 1 saturated heterocycles. The third kappa shape index (κ3) is 3.60. The highest BCUT2D eigenvalue weighted by molar-refractivity contribution is 7.89. The van der Waals surface area contributed by atoms with Crippen LogP contribution in [0.2, 0.25) is 0 Å². The van der Waals surface area contributed by atoms with Crippen LogP contribution in [0.15, 0.2) is 47.6 Å². The molecule has 7 heteroatoms. The molecule has 2 aliphatic heterocycles. The molecule has 2 aromatic rings. The molecule has 138 valence electrons. The van der Waals surface area contributed by atoms with Crippen LogP contribution in [0.25, 0.3) is 0 Å². The van der Waals surface area contributed by atoms with E-state index in [1.807, 2.05) is 18.3 Å². The van der Waals surface area contributed by atoms with Gasteiger partial charge in [0, 0.05) is 45.1 Å². The lowest BCUT2D eigenvalue weighted by molar-refractivity contribution is 0.181. The van der Waals surface area contributed by atoms with Crippen molar-refractivity contribution in [1.82, 2.24) is 14.2 Å². The molecule has 2 aliphatic rings. The normalized spacial score (nSPS) is 18.9. The van der Waals surface area contributed by atoms with Gasteiger partial charge in [-0.15, -0.1) is 0 Å². The largest absolute Gasteiger partial charge is 0.493 e. The fourth-order valence-corrected chi connectivity index (χ4v) is 5.00. The molecule has 26 heavy (non-hydrogen) atoms. The highest BCUT2D eigenvalue weighted by Gasteiger charge is 2.29. The number of hydrogen-bond donors (Lipinski definition) is 0. The summed E-state index contributed by atoms with van der Waals surface area (Å²) in [6.07, 6.45) is 5.43. The maximum atomic E-state index is 13.0. The summed E-state index contributed by atoms with van der Waals surface area (Å²) in [5.41, 5.74) is 2.14. The maximum Gasteiger partial charge on any atom is 0.243 e. The zero-order valence-corrected chi connectivity index (χ0v) is 15.5. The molecule has 0 spiro atoms. The van der Waals surface area contributed by atoms with E-state index >= 15 is 0 Å². The van der Waals surface area contributed by atoms with Crippen molar-refractivity contribution in [3.05, 3.63) is 53.9 Å². The zero-order valence-electron chi connectivity index (χ0n) is 14.7. The fourth-order valence-electron chi connectivity index (χ4n) is 3.52. The maximum absolute atomic E-state index is 13.0. The van der Waals surface area contributed by atoms with Crippen LogP contribution in [0.3, 0.4) is 0 Å². The summed E-state index contributed by atoms with van der Waals surface area (Å²) in [6.45, 7) is 3.98. The Morgan fingerprint density at radius 2 is 1.96 bits per heavy atom. The van der Waals surface area contributed by atoms with Crippen LogP contribution >= 0.6 is 0 Å². The quantitative estimate of drug-likeness (QED) is 0.819. The predicted octanol–water partition coefficient (Wildman–Crippen LogP) is 1.91. The number of fused-ring (bicyclic) bond motifs is 1. The van der Waals surface area contributed by atoms with E-state index in [0.29, 0.717) is 24.6 Å². The molecule has 0 saturated carbocycles. The van der Waals surface area contributed by atoms with Gasteiger partial charge in [0.15, 0.2) is 0 Å². The summed E-state index contributed by atoms with van der Waals surface area (Å²) in [4.78, 5) is 6.78. The first-order chi connectivity index (χ1) is 12.6. The third-order valence-electron chi connectivity index (χ3n) is 4.98. The molecule has 0 atom stereocenters. The standard InChI is InChI=1S/C19H23N3O3S/c23-26(24,18-5-6-19-17(13-18)4-2-12-25-19)22-10-8-21(9-11-22)15-16-3-1-7-20-14-16/h1,3,5-7,13-14H,2,4,8-12,15H2. The Bertz CT molecular complexity index is 863. The molecule has 6 nitrogen and oxygen atoms in total. The van der Waals surface area contributed by atoms with Crippen LogP contribution in [0, 0.1) is 0 Å². The number of piperazine rings is 1. The average Bonchev–Trinajstić information content (AvgIpc) is 2.69. The molecule has 0 unspecified atom stereocenters. The van der Waals surface area contributed by atoms with Gasteiger partial charge < -0.3 is 4.74 Å². The molecule has 1 aromatic heterocycles. The number of hydrogen-bond acceptors (Lipinski definition) is 5. The van der Waals surface area contributed by atoms with Crippen molar-refractivity contribution in [2.45, 2.75) is 24.3 Å². The molecular formula is C19H23N3O3S. The molecule has 0 radical (unpaired) electrons. The van der Waals surface area contributed by atoms with E-state index < -0.39 is 10.0 Å². The molecule has 0 aliphatic carbocycles. The number of aromatic nitrogens is 1. The van der Waals surface area contributed by atoms with Crippen LogP contribution in [0.1, 0.15) is 17.5 Å². The SMILES string of the molecule is O=S(=O)(c1ccc2c(c1)CCCO2)N1CCN(Cc2cccnc2)CC1. The van der Waals surface area contributed by atoms with Crippen LogP contribution < -0.4 is 4.74 Å². The van der Waals surface area contributed by atoms with Crippen molar-refractivity contribution in [1.29, 1.82) is 0 Å². The minimum Gasteiger partial charge on any atom is -0.493 e. The number of ether oxygens (including phenoxy) is 1. The molecule has 3 heterocycles. The first-order valence-corrected chi connectivity index (χ1v) is 10.4. The lowest BCUT2D eigenvalue weighted by Crippen LogP contribution is -2.48. The average molecular weight is 373 g/mol. The summed E-state index contributed by atoms with van der Waals surface area (Å²) in [5.74, 6) is 0.816. The fraction of sp³-hybridized carbons (Fsp3) is 0.421. The Kier molecular flexibility index (Phi) is 4.93. The van der Waals surface area contributed by atoms with E-state index in [0.717, 1.165) is 49.4 Å². The van der Waals surface area contributed by atoms with E-state index in [-0.39, 0.29) is 0 Å². The van der Waals surface area contributed by atoms with E-state index in [9.17, 15) is 8.42 Å². The van der Waals surface area contributed by atoms with Crippen LogP contribution in [0.4, 0.5) is 0 Å². The van der Waals surface area contributed by atoms with Gasteiger partial charge in [-0.05, 0) is 48.2 Å². The van der Waals surface area contributed by atoms with Crippen molar-refractivity contribution in [3.8, 4) is 5.75 Å². The Balaban J connectivity index is 1.43. The van der Waals surface area contributed by atoms with Crippen molar-refractivity contribution in [2.75, 3.05) is 32.8 Å². The lowest BCUT2D eigenvalue weighted by atomic mass is 10.1. The summed E-state index contributed by atoms with van der Waals surface area (Å²) >= 11 is 0. The number of pyridine rings is 1. The Morgan fingerprint density at radius 1 is 1.12 bits per heavy atom. The Morgan fingerprint density at radius 3 is 2.73 bits per heavy atom. The van der Waals surface area contributed by atoms with Gasteiger partial charge in [0.05, 0.1) is 11.5 Å². The summed E-state index contributed by atoms with van der Waals surface area (Å²) in [7, 11) is -3.45. The van der Waals surface area contributed by atoms with E-state index in [2.05, 4.69) is 9.88 Å². The van der Waals surface area contributed by atoms with Gasteiger partial charge >= 0.3 is 0 Å². The summed E-state index contributed by atoms with van der Waals surface area (Å²) < 4.78 is 33.2. The van der Waals surface area contributed by atoms with Gasteiger partial charge in [0.25, 0.3) is 0 Å². The van der Waals surface area contributed by atoms with Gasteiger partial charge in [-0.2, -0.15) is 4.31 Å². The topological polar surface area (TPSA) is 62.7 Å². The van der Waals surface area contributed by atoms with Gasteiger partial charge in [-0.25, -0.2) is 8.42 Å². The van der Waals surface area contributed by atoms with Crippen LogP contribution in [0.5, 0.6) is 5.75 Å². The highest BCUT2D eigenvalue weighted by Crippen LogP contribution is 2.29. The molecular weight excluding hydrogens is 350 g/mol. The number of rotatable bonds is 4. The molecule has 0 N–H and O–H groups in total. The number of nitrogens with zero attached hydrogens (tertiary/aromatic N) is 3. The second-order valence-electron chi connectivity index (χ2n) is 6.76. The molecule has 4 rings (SSSR count). The molecule has 0 amide bonds. The monoisotopic (exact) mass is 373 g/mol. The second-order valence-corrected chi connectivity index (χ2v) is 8.70. The van der Waals surface area contributed by atoms with Gasteiger partial charge in [0.2, 0.25) is 10.0 Å². The zero-order chi connectivity index (χ0) is 18.0. The Labute approximate surface area is 154 Å². The second kappa shape index (κ2) is 7.34. The van der Waals surface area contributed by atoms with Crippen LogP contribution in [-0.4, -0.2) is 55.4 Å².